The van der Waals surface area contributed by atoms with Crippen LogP contribution in [0.4, 0.5) is 0 Å². The lowest BCUT2D eigenvalue weighted by Gasteiger charge is -2.00. The molecule has 0 unspecified atom stereocenters. The molecule has 11 heavy (non-hydrogen) atoms. The van der Waals surface area contributed by atoms with E-state index in [9.17, 15) is 4.57 Å². The quantitative estimate of drug-likeness (QED) is 0.621. The van der Waals surface area contributed by atoms with Crippen molar-refractivity contribution in [2.75, 3.05) is 0 Å². The van der Waals surface area contributed by atoms with Crippen molar-refractivity contribution >= 4 is 7.82 Å². The number of rotatable bonds is 2. The van der Waals surface area contributed by atoms with E-state index in [2.05, 4.69) is 8.94 Å². The number of phosphoric ester groups is 1. The van der Waals surface area contributed by atoms with Crippen LogP contribution in [0.1, 0.15) is 0 Å². The van der Waals surface area contributed by atoms with Crippen LogP contribution in [0.25, 0.3) is 0 Å². The molecule has 0 amide bonds. The molecule has 4 N–H and O–H groups in total. The van der Waals surface area contributed by atoms with E-state index >= 15 is 0 Å². The Bertz CT molecular complexity index is 235. The van der Waals surface area contributed by atoms with Crippen LogP contribution in [0.3, 0.4) is 0 Å². The predicted octanol–water partition coefficient (Wildman–Crippen LogP) is -0.0736. The molecular formula is C4H7O6P. The van der Waals surface area contributed by atoms with Gasteiger partial charge in [0.25, 0.3) is 5.95 Å². The van der Waals surface area contributed by atoms with Gasteiger partial charge in [-0.05, 0) is 6.07 Å². The highest BCUT2D eigenvalue weighted by Gasteiger charge is 2.16. The van der Waals surface area contributed by atoms with Gasteiger partial charge in [0.1, 0.15) is 0 Å². The normalized spacial score (nSPS) is 10.4. The van der Waals surface area contributed by atoms with Crippen molar-refractivity contribution in [2.24, 2.45) is 0 Å². The average Bonchev–Trinajstić information content (AvgIpc) is 2.12. The lowest BCUT2D eigenvalue weighted by Crippen LogP contribution is -1.87. The molecule has 1 aromatic rings. The first-order valence-corrected chi connectivity index (χ1v) is 3.89. The minimum absolute atomic E-state index is 0. The molecular weight excluding hydrogens is 175 g/mol. The first-order chi connectivity index (χ1) is 4.58. The molecule has 0 atom stereocenters. The van der Waals surface area contributed by atoms with Gasteiger partial charge in [0.2, 0.25) is 0 Å². The topological polar surface area (TPSA) is 111 Å². The highest BCUT2D eigenvalue weighted by molar-refractivity contribution is 7.46. The highest BCUT2D eigenvalue weighted by Crippen LogP contribution is 2.37. The van der Waals surface area contributed by atoms with E-state index in [0.29, 0.717) is 0 Å². The maximum absolute atomic E-state index is 10.1. The lowest BCUT2D eigenvalue weighted by molar-refractivity contribution is 0.255. The first kappa shape index (κ1) is 10.2. The fourth-order valence-corrected chi connectivity index (χ4v) is 0.771. The van der Waals surface area contributed by atoms with E-state index in [-0.39, 0.29) is 11.4 Å². The maximum Gasteiger partial charge on any atom is 0.527 e. The molecule has 0 saturated heterocycles. The first-order valence-electron chi connectivity index (χ1n) is 2.36. The van der Waals surface area contributed by atoms with Gasteiger partial charge in [0, 0.05) is 6.07 Å². The van der Waals surface area contributed by atoms with Crippen molar-refractivity contribution in [1.29, 1.82) is 0 Å². The fraction of sp³-hybridized carbons (Fsp3) is 0. The molecule has 0 fully saturated rings. The molecule has 64 valence electrons. The standard InChI is InChI=1S/C4H5O5P.H2O/c5-10(6,7)9-4-2-1-3-8-4;/h1-3H,(H2,5,6,7);1H2. The van der Waals surface area contributed by atoms with Crippen molar-refractivity contribution < 1.29 is 28.8 Å². The Morgan fingerprint density at radius 3 is 2.55 bits per heavy atom. The van der Waals surface area contributed by atoms with Crippen LogP contribution in [0.5, 0.6) is 5.95 Å². The minimum Gasteiger partial charge on any atom is -0.434 e. The van der Waals surface area contributed by atoms with E-state index in [1.165, 1.54) is 18.4 Å². The average molecular weight is 182 g/mol. The van der Waals surface area contributed by atoms with Crippen molar-refractivity contribution in [3.8, 4) is 5.95 Å². The SMILES string of the molecule is O.O=P(O)(O)Oc1ccco1. The molecule has 1 rings (SSSR count). The van der Waals surface area contributed by atoms with Crippen LogP contribution in [0.15, 0.2) is 22.8 Å². The molecule has 1 heterocycles. The van der Waals surface area contributed by atoms with E-state index in [0.717, 1.165) is 0 Å². The van der Waals surface area contributed by atoms with Gasteiger partial charge >= 0.3 is 7.82 Å². The number of hydrogen-bond acceptors (Lipinski definition) is 3. The number of phosphoric acid groups is 1. The van der Waals surface area contributed by atoms with E-state index in [4.69, 9.17) is 9.79 Å². The molecule has 0 saturated carbocycles. The van der Waals surface area contributed by atoms with E-state index < -0.39 is 7.82 Å². The van der Waals surface area contributed by atoms with Crippen molar-refractivity contribution in [2.45, 2.75) is 0 Å². The van der Waals surface area contributed by atoms with Gasteiger partial charge in [0.15, 0.2) is 0 Å². The molecule has 0 aliphatic heterocycles. The Balaban J connectivity index is 0.000001000. The zero-order valence-electron chi connectivity index (χ0n) is 5.30. The molecule has 6 nitrogen and oxygen atoms in total. The Hall–Kier alpha value is -0.810. The van der Waals surface area contributed by atoms with Gasteiger partial charge in [-0.15, -0.1) is 0 Å². The molecule has 0 aliphatic rings. The largest absolute Gasteiger partial charge is 0.527 e. The zero-order valence-corrected chi connectivity index (χ0v) is 6.19. The summed E-state index contributed by atoms with van der Waals surface area (Å²) in [5.41, 5.74) is 0. The van der Waals surface area contributed by atoms with Gasteiger partial charge < -0.3 is 14.4 Å². The van der Waals surface area contributed by atoms with Crippen LogP contribution in [0.2, 0.25) is 0 Å². The summed E-state index contributed by atoms with van der Waals surface area (Å²) in [4.78, 5) is 16.4. The summed E-state index contributed by atoms with van der Waals surface area (Å²) in [6.45, 7) is 0. The summed E-state index contributed by atoms with van der Waals surface area (Å²) < 4.78 is 18.6. The van der Waals surface area contributed by atoms with Gasteiger partial charge in [-0.1, -0.05) is 0 Å². The molecule has 7 heteroatoms. The Kier molecular flexibility index (Phi) is 3.28. The van der Waals surface area contributed by atoms with Crippen LogP contribution in [-0.2, 0) is 4.57 Å². The summed E-state index contributed by atoms with van der Waals surface area (Å²) in [6, 6.07) is 2.77. The van der Waals surface area contributed by atoms with Gasteiger partial charge in [-0.3, -0.25) is 9.79 Å². The maximum atomic E-state index is 10.1. The third-order valence-corrected chi connectivity index (χ3v) is 1.12. The van der Waals surface area contributed by atoms with Crippen LogP contribution in [-0.4, -0.2) is 15.3 Å². The van der Waals surface area contributed by atoms with Crippen LogP contribution in [0, 0.1) is 0 Å². The van der Waals surface area contributed by atoms with Crippen LogP contribution >= 0.6 is 7.82 Å². The summed E-state index contributed by atoms with van der Waals surface area (Å²) in [7, 11) is -4.45. The molecule has 1 aromatic heterocycles. The number of furan rings is 1. The Morgan fingerprint density at radius 2 is 2.18 bits per heavy atom. The highest BCUT2D eigenvalue weighted by atomic mass is 31.2. The van der Waals surface area contributed by atoms with E-state index in [1.54, 1.807) is 0 Å². The minimum atomic E-state index is -4.45. The smallest absolute Gasteiger partial charge is 0.434 e. The second-order valence-electron chi connectivity index (χ2n) is 1.51. The van der Waals surface area contributed by atoms with Crippen molar-refractivity contribution in [3.05, 3.63) is 18.4 Å². The third-order valence-electron chi connectivity index (χ3n) is 0.704. The molecule has 0 aromatic carbocycles. The van der Waals surface area contributed by atoms with Crippen molar-refractivity contribution in [3.63, 3.8) is 0 Å². The molecule has 0 radical (unpaired) electrons. The van der Waals surface area contributed by atoms with Gasteiger partial charge in [-0.25, -0.2) is 4.57 Å². The third kappa shape index (κ3) is 3.79. The zero-order chi connectivity index (χ0) is 7.61. The Labute approximate surface area is 62.0 Å². The number of hydrogen-bond donors (Lipinski definition) is 2. The fourth-order valence-electron chi connectivity index (χ4n) is 0.433. The summed E-state index contributed by atoms with van der Waals surface area (Å²) in [6.07, 6.45) is 1.25. The van der Waals surface area contributed by atoms with Crippen LogP contribution < -0.4 is 4.52 Å². The summed E-state index contributed by atoms with van der Waals surface area (Å²) in [5.74, 6) is -0.187. The second-order valence-corrected chi connectivity index (χ2v) is 2.68. The van der Waals surface area contributed by atoms with Gasteiger partial charge in [0.05, 0.1) is 6.26 Å². The Morgan fingerprint density at radius 1 is 1.55 bits per heavy atom. The predicted molar refractivity (Wildman–Crippen MR) is 35.0 cm³/mol. The summed E-state index contributed by atoms with van der Waals surface area (Å²) in [5, 5.41) is 0. The molecule has 0 bridgehead atoms. The lowest BCUT2D eigenvalue weighted by atomic mass is 10.7. The van der Waals surface area contributed by atoms with Crippen molar-refractivity contribution in [1.82, 2.24) is 0 Å². The summed E-state index contributed by atoms with van der Waals surface area (Å²) >= 11 is 0. The molecule has 0 spiro atoms. The van der Waals surface area contributed by atoms with E-state index in [1.807, 2.05) is 0 Å². The molecule has 0 aliphatic carbocycles. The second kappa shape index (κ2) is 3.54. The monoisotopic (exact) mass is 182 g/mol. The van der Waals surface area contributed by atoms with Gasteiger partial charge in [-0.2, -0.15) is 0 Å².